The zero-order valence-corrected chi connectivity index (χ0v) is 15.2. The lowest BCUT2D eigenvalue weighted by Crippen LogP contribution is -2.49. The van der Waals surface area contributed by atoms with E-state index in [0.717, 1.165) is 30.0 Å². The lowest BCUT2D eigenvalue weighted by molar-refractivity contribution is -0.130. The van der Waals surface area contributed by atoms with Crippen LogP contribution in [-0.4, -0.2) is 79.5 Å². The number of ether oxygens (including phenoxy) is 2. The summed E-state index contributed by atoms with van der Waals surface area (Å²) in [5.74, 6) is 0.781. The van der Waals surface area contributed by atoms with Crippen LogP contribution in [0.3, 0.4) is 0 Å². The summed E-state index contributed by atoms with van der Waals surface area (Å²) in [6.45, 7) is 6.73. The third kappa shape index (κ3) is 4.51. The first kappa shape index (κ1) is 18.2. The molecule has 1 aromatic rings. The van der Waals surface area contributed by atoms with Crippen molar-refractivity contribution in [3.05, 3.63) is 29.3 Å². The molecule has 6 heteroatoms. The van der Waals surface area contributed by atoms with Gasteiger partial charge in [0.1, 0.15) is 5.75 Å². The molecular formula is C19H28N2O4. The minimum Gasteiger partial charge on any atom is -0.496 e. The number of rotatable bonds is 5. The van der Waals surface area contributed by atoms with Crippen molar-refractivity contribution < 1.29 is 19.4 Å². The summed E-state index contributed by atoms with van der Waals surface area (Å²) in [7, 11) is 1.62. The van der Waals surface area contributed by atoms with Gasteiger partial charge in [0.05, 0.1) is 38.9 Å². The summed E-state index contributed by atoms with van der Waals surface area (Å²) >= 11 is 0. The van der Waals surface area contributed by atoms with Crippen LogP contribution in [0.25, 0.3) is 0 Å². The Bertz CT molecular complexity index is 615. The van der Waals surface area contributed by atoms with Crippen molar-refractivity contribution in [3.63, 3.8) is 0 Å². The molecule has 2 aliphatic heterocycles. The van der Waals surface area contributed by atoms with Gasteiger partial charge in [0, 0.05) is 31.7 Å². The molecule has 1 aromatic carbocycles. The number of hydrogen-bond acceptors (Lipinski definition) is 5. The van der Waals surface area contributed by atoms with Gasteiger partial charge in [0.15, 0.2) is 0 Å². The Labute approximate surface area is 149 Å². The normalized spacial score (nSPS) is 24.5. The number of morpholine rings is 1. The van der Waals surface area contributed by atoms with Crippen LogP contribution in [0, 0.1) is 6.92 Å². The van der Waals surface area contributed by atoms with Gasteiger partial charge in [-0.2, -0.15) is 0 Å². The second-order valence-electron chi connectivity index (χ2n) is 7.17. The Balaban J connectivity index is 1.59. The monoisotopic (exact) mass is 348 g/mol. The number of nitrogens with zero attached hydrogens (tertiary/aromatic N) is 2. The zero-order valence-electron chi connectivity index (χ0n) is 15.2. The molecule has 0 radical (unpaired) electrons. The molecule has 3 rings (SSSR count). The van der Waals surface area contributed by atoms with Gasteiger partial charge in [-0.1, -0.05) is 17.7 Å². The number of carbonyl (C=O) groups is 1. The molecule has 1 amide bonds. The molecule has 1 unspecified atom stereocenters. The molecule has 0 aromatic heterocycles. The second-order valence-corrected chi connectivity index (χ2v) is 7.17. The zero-order chi connectivity index (χ0) is 17.9. The van der Waals surface area contributed by atoms with Crippen molar-refractivity contribution in [2.75, 3.05) is 53.0 Å². The number of methoxy groups -OCH3 is 1. The van der Waals surface area contributed by atoms with Gasteiger partial charge < -0.3 is 19.5 Å². The van der Waals surface area contributed by atoms with Gasteiger partial charge in [-0.3, -0.25) is 9.69 Å². The van der Waals surface area contributed by atoms with Gasteiger partial charge in [-0.05, 0) is 19.4 Å². The van der Waals surface area contributed by atoms with Crippen molar-refractivity contribution in [3.8, 4) is 5.75 Å². The summed E-state index contributed by atoms with van der Waals surface area (Å²) in [5.41, 5.74) is 1.19. The lowest BCUT2D eigenvalue weighted by atomic mass is 10.0. The summed E-state index contributed by atoms with van der Waals surface area (Å²) in [6.07, 6.45) is 0.930. The molecule has 138 valence electrons. The predicted molar refractivity (Wildman–Crippen MR) is 94.8 cm³/mol. The van der Waals surface area contributed by atoms with Crippen molar-refractivity contribution in [2.24, 2.45) is 0 Å². The predicted octanol–water partition coefficient (Wildman–Crippen LogP) is 0.842. The number of amides is 1. The van der Waals surface area contributed by atoms with Gasteiger partial charge in [-0.25, -0.2) is 0 Å². The molecular weight excluding hydrogens is 320 g/mol. The topological polar surface area (TPSA) is 62.2 Å². The highest BCUT2D eigenvalue weighted by Gasteiger charge is 2.39. The van der Waals surface area contributed by atoms with Gasteiger partial charge in [0.2, 0.25) is 5.91 Å². The number of hydrogen-bond donors (Lipinski definition) is 1. The quantitative estimate of drug-likeness (QED) is 0.854. The van der Waals surface area contributed by atoms with Crippen LogP contribution in [0.15, 0.2) is 18.2 Å². The van der Waals surface area contributed by atoms with E-state index >= 15 is 0 Å². The van der Waals surface area contributed by atoms with Crippen LogP contribution < -0.4 is 4.74 Å². The van der Waals surface area contributed by atoms with E-state index in [1.165, 1.54) is 0 Å². The molecule has 0 saturated carbocycles. The molecule has 0 bridgehead atoms. The minimum atomic E-state index is -0.816. The first-order valence-corrected chi connectivity index (χ1v) is 8.93. The third-order valence-electron chi connectivity index (χ3n) is 5.08. The van der Waals surface area contributed by atoms with E-state index in [2.05, 4.69) is 4.90 Å². The van der Waals surface area contributed by atoms with Gasteiger partial charge >= 0.3 is 0 Å². The SMILES string of the molecule is COc1ccc(C)cc1CC(=O)N1CCC(O)(CN2CCOCC2)C1. The van der Waals surface area contributed by atoms with E-state index in [-0.39, 0.29) is 5.91 Å². The number of aryl methyl sites for hydroxylation is 1. The van der Waals surface area contributed by atoms with Crippen LogP contribution >= 0.6 is 0 Å². The van der Waals surface area contributed by atoms with Crippen LogP contribution in [0.4, 0.5) is 0 Å². The maximum Gasteiger partial charge on any atom is 0.227 e. The van der Waals surface area contributed by atoms with Crippen LogP contribution in [0.1, 0.15) is 17.5 Å². The smallest absolute Gasteiger partial charge is 0.227 e. The molecule has 2 saturated heterocycles. The molecule has 25 heavy (non-hydrogen) atoms. The van der Waals surface area contributed by atoms with Gasteiger partial charge in [0.25, 0.3) is 0 Å². The molecule has 2 heterocycles. The Kier molecular flexibility index (Phi) is 5.61. The highest BCUT2D eigenvalue weighted by molar-refractivity contribution is 5.80. The second kappa shape index (κ2) is 7.72. The van der Waals surface area contributed by atoms with E-state index in [1.807, 2.05) is 25.1 Å². The fourth-order valence-corrected chi connectivity index (χ4v) is 3.69. The third-order valence-corrected chi connectivity index (χ3v) is 5.08. The summed E-state index contributed by atoms with van der Waals surface area (Å²) < 4.78 is 10.7. The van der Waals surface area contributed by atoms with E-state index in [4.69, 9.17) is 9.47 Å². The lowest BCUT2D eigenvalue weighted by Gasteiger charge is -2.33. The first-order chi connectivity index (χ1) is 12.0. The Morgan fingerprint density at radius 3 is 2.80 bits per heavy atom. The van der Waals surface area contributed by atoms with Crippen LogP contribution in [0.2, 0.25) is 0 Å². The van der Waals surface area contributed by atoms with E-state index in [0.29, 0.717) is 45.7 Å². The number of β-amino-alcohol motifs (C(OH)–C–C–N with tert-alkyl or cyclic N) is 1. The van der Waals surface area contributed by atoms with Gasteiger partial charge in [-0.15, -0.1) is 0 Å². The number of aliphatic hydroxyl groups is 1. The summed E-state index contributed by atoms with van der Waals surface area (Å²) in [5, 5.41) is 10.9. The number of likely N-dealkylation sites (tertiary alicyclic amines) is 1. The molecule has 2 aliphatic rings. The maximum absolute atomic E-state index is 12.7. The average molecular weight is 348 g/mol. The fraction of sp³-hybridized carbons (Fsp3) is 0.632. The summed E-state index contributed by atoms with van der Waals surface area (Å²) in [4.78, 5) is 16.7. The fourth-order valence-electron chi connectivity index (χ4n) is 3.69. The Morgan fingerprint density at radius 1 is 1.32 bits per heavy atom. The van der Waals surface area contributed by atoms with Crippen molar-refractivity contribution in [1.82, 2.24) is 9.80 Å². The van der Waals surface area contributed by atoms with Crippen molar-refractivity contribution in [1.29, 1.82) is 0 Å². The Morgan fingerprint density at radius 2 is 2.08 bits per heavy atom. The van der Waals surface area contributed by atoms with E-state index in [9.17, 15) is 9.90 Å². The number of benzene rings is 1. The summed E-state index contributed by atoms with van der Waals surface area (Å²) in [6, 6.07) is 5.87. The highest BCUT2D eigenvalue weighted by Crippen LogP contribution is 2.26. The van der Waals surface area contributed by atoms with Crippen LogP contribution in [0.5, 0.6) is 5.75 Å². The van der Waals surface area contributed by atoms with E-state index in [1.54, 1.807) is 12.0 Å². The first-order valence-electron chi connectivity index (χ1n) is 8.93. The number of carbonyl (C=O) groups excluding carboxylic acids is 1. The molecule has 0 spiro atoms. The molecule has 6 nitrogen and oxygen atoms in total. The molecule has 1 atom stereocenters. The molecule has 0 aliphatic carbocycles. The maximum atomic E-state index is 12.7. The highest BCUT2D eigenvalue weighted by atomic mass is 16.5. The largest absolute Gasteiger partial charge is 0.496 e. The standard InChI is InChI=1S/C19H28N2O4/c1-15-3-4-17(24-2)16(11-15)12-18(22)21-6-5-19(23,14-21)13-20-7-9-25-10-8-20/h3-4,11,23H,5-10,12-14H2,1-2H3. The molecule has 1 N–H and O–H groups in total. The van der Waals surface area contributed by atoms with Crippen LogP contribution in [-0.2, 0) is 16.0 Å². The van der Waals surface area contributed by atoms with Crippen molar-refractivity contribution >= 4 is 5.91 Å². The Hall–Kier alpha value is -1.63. The average Bonchev–Trinajstić information content (AvgIpc) is 2.98. The van der Waals surface area contributed by atoms with Crippen molar-refractivity contribution in [2.45, 2.75) is 25.4 Å². The minimum absolute atomic E-state index is 0.0433. The molecule has 2 fully saturated rings. The van der Waals surface area contributed by atoms with E-state index < -0.39 is 5.60 Å².